The monoisotopic (exact) mass is 434 g/mol. The first-order chi connectivity index (χ1) is 10.6. The van der Waals surface area contributed by atoms with Gasteiger partial charge < -0.3 is 15.5 Å². The average molecular weight is 434 g/mol. The maximum atomic E-state index is 12.9. The van der Waals surface area contributed by atoms with Crippen molar-refractivity contribution in [3.8, 4) is 0 Å². The number of likely N-dealkylation sites (N-methyl/N-ethyl adjacent to an activating group) is 1. The van der Waals surface area contributed by atoms with E-state index in [4.69, 9.17) is 0 Å². The predicted octanol–water partition coefficient (Wildman–Crippen LogP) is 2.49. The van der Waals surface area contributed by atoms with Gasteiger partial charge in [-0.15, -0.1) is 24.0 Å². The van der Waals surface area contributed by atoms with E-state index in [1.807, 2.05) is 12.1 Å². The molecule has 2 rings (SSSR count). The van der Waals surface area contributed by atoms with Crippen molar-refractivity contribution < 1.29 is 4.39 Å². The third-order valence-corrected chi connectivity index (χ3v) is 4.15. The van der Waals surface area contributed by atoms with Gasteiger partial charge in [-0.2, -0.15) is 0 Å². The summed E-state index contributed by atoms with van der Waals surface area (Å²) >= 11 is 0. The van der Waals surface area contributed by atoms with Crippen molar-refractivity contribution >= 4 is 29.9 Å². The smallest absolute Gasteiger partial charge is 0.191 e. The molecule has 0 aromatic heterocycles. The highest BCUT2D eigenvalue weighted by atomic mass is 127. The minimum atomic E-state index is -0.191. The molecule has 0 heterocycles. The van der Waals surface area contributed by atoms with Gasteiger partial charge in [-0.25, -0.2) is 4.39 Å². The quantitative estimate of drug-likeness (QED) is 0.394. The first kappa shape index (κ1) is 20.2. The Morgan fingerprint density at radius 1 is 1.26 bits per heavy atom. The molecular formula is C17H28FIN4. The Labute approximate surface area is 156 Å². The average Bonchev–Trinajstić information content (AvgIpc) is 3.32. The maximum absolute atomic E-state index is 12.9. The molecule has 23 heavy (non-hydrogen) atoms. The first-order valence-electron chi connectivity index (χ1n) is 7.95. The molecule has 2 N–H and O–H groups in total. The van der Waals surface area contributed by atoms with Crippen LogP contribution in [0.5, 0.6) is 0 Å². The second kappa shape index (κ2) is 10.1. The van der Waals surface area contributed by atoms with Gasteiger partial charge in [-0.1, -0.05) is 12.1 Å². The molecule has 1 fully saturated rings. The van der Waals surface area contributed by atoms with Crippen molar-refractivity contribution in [2.45, 2.75) is 25.3 Å². The fourth-order valence-corrected chi connectivity index (χ4v) is 2.65. The van der Waals surface area contributed by atoms with Crippen molar-refractivity contribution in [2.24, 2.45) is 10.9 Å². The SMILES string of the molecule is CN=C(NCCc1ccc(F)cc1)NCC(C1CC1)N(C)C.I. The molecule has 0 aliphatic heterocycles. The van der Waals surface area contributed by atoms with Gasteiger partial charge >= 0.3 is 0 Å². The van der Waals surface area contributed by atoms with Crippen LogP contribution in [0.15, 0.2) is 29.3 Å². The minimum absolute atomic E-state index is 0. The van der Waals surface area contributed by atoms with E-state index in [0.717, 1.165) is 37.0 Å². The van der Waals surface area contributed by atoms with E-state index < -0.39 is 0 Å². The standard InChI is InChI=1S/C17H27FN4.HI/c1-19-17(21-12-16(22(2)3)14-6-7-14)20-11-10-13-4-8-15(18)9-5-13;/h4-5,8-9,14,16H,6-7,10-12H2,1-3H3,(H2,19,20,21);1H. The molecule has 0 spiro atoms. The Bertz CT molecular complexity index is 484. The highest BCUT2D eigenvalue weighted by molar-refractivity contribution is 14.0. The number of guanidine groups is 1. The number of halogens is 2. The summed E-state index contributed by atoms with van der Waals surface area (Å²) in [7, 11) is 6.06. The highest BCUT2D eigenvalue weighted by Crippen LogP contribution is 2.34. The molecule has 0 amide bonds. The Kier molecular flexibility index (Phi) is 8.83. The molecule has 6 heteroatoms. The van der Waals surface area contributed by atoms with Gasteiger partial charge in [0.2, 0.25) is 0 Å². The fourth-order valence-electron chi connectivity index (χ4n) is 2.65. The van der Waals surface area contributed by atoms with E-state index in [1.165, 1.54) is 25.0 Å². The lowest BCUT2D eigenvalue weighted by atomic mass is 10.1. The zero-order chi connectivity index (χ0) is 15.9. The van der Waals surface area contributed by atoms with E-state index in [9.17, 15) is 4.39 Å². The van der Waals surface area contributed by atoms with Gasteiger partial charge in [-0.05, 0) is 57.0 Å². The summed E-state index contributed by atoms with van der Waals surface area (Å²) in [4.78, 5) is 6.55. The van der Waals surface area contributed by atoms with Crippen molar-refractivity contribution in [3.05, 3.63) is 35.6 Å². The molecule has 1 aliphatic carbocycles. The van der Waals surface area contributed by atoms with Gasteiger partial charge in [0.05, 0.1) is 0 Å². The molecule has 4 nitrogen and oxygen atoms in total. The molecule has 1 aliphatic rings. The van der Waals surface area contributed by atoms with E-state index in [-0.39, 0.29) is 29.8 Å². The Hall–Kier alpha value is -0.890. The topological polar surface area (TPSA) is 39.7 Å². The zero-order valence-corrected chi connectivity index (χ0v) is 16.5. The number of hydrogen-bond acceptors (Lipinski definition) is 2. The molecule has 1 aromatic rings. The number of benzene rings is 1. The Morgan fingerprint density at radius 3 is 2.43 bits per heavy atom. The van der Waals surface area contributed by atoms with E-state index in [1.54, 1.807) is 7.05 Å². The lowest BCUT2D eigenvalue weighted by molar-refractivity contribution is 0.264. The summed E-state index contributed by atoms with van der Waals surface area (Å²) in [6, 6.07) is 7.21. The predicted molar refractivity (Wildman–Crippen MR) is 105 cm³/mol. The first-order valence-corrected chi connectivity index (χ1v) is 7.95. The van der Waals surface area contributed by atoms with Crippen molar-refractivity contribution in [2.75, 3.05) is 34.2 Å². The molecule has 1 unspecified atom stereocenters. The lowest BCUT2D eigenvalue weighted by Gasteiger charge is -2.25. The van der Waals surface area contributed by atoms with Crippen molar-refractivity contribution in [3.63, 3.8) is 0 Å². The normalized spacial score (nSPS) is 16.0. The van der Waals surface area contributed by atoms with Gasteiger partial charge in [0.15, 0.2) is 5.96 Å². The van der Waals surface area contributed by atoms with E-state index in [0.29, 0.717) is 6.04 Å². The Balaban J connectivity index is 0.00000264. The maximum Gasteiger partial charge on any atom is 0.191 e. The lowest BCUT2D eigenvalue weighted by Crippen LogP contribution is -2.46. The van der Waals surface area contributed by atoms with Gasteiger partial charge in [0, 0.05) is 26.2 Å². The van der Waals surface area contributed by atoms with Gasteiger partial charge in [0.25, 0.3) is 0 Å². The summed E-state index contributed by atoms with van der Waals surface area (Å²) in [6.07, 6.45) is 3.52. The summed E-state index contributed by atoms with van der Waals surface area (Å²) < 4.78 is 12.9. The van der Waals surface area contributed by atoms with Crippen LogP contribution in [-0.4, -0.2) is 51.1 Å². The number of nitrogens with zero attached hydrogens (tertiary/aromatic N) is 2. The third kappa shape index (κ3) is 7.03. The van der Waals surface area contributed by atoms with E-state index in [2.05, 4.69) is 34.6 Å². The van der Waals surface area contributed by atoms with Crippen molar-refractivity contribution in [1.82, 2.24) is 15.5 Å². The van der Waals surface area contributed by atoms with Crippen LogP contribution in [0, 0.1) is 11.7 Å². The second-order valence-corrected chi connectivity index (χ2v) is 6.12. The summed E-state index contributed by atoms with van der Waals surface area (Å²) in [5.74, 6) is 1.46. The second-order valence-electron chi connectivity index (χ2n) is 6.12. The van der Waals surface area contributed by atoms with Crippen LogP contribution in [0.2, 0.25) is 0 Å². The number of rotatable bonds is 7. The van der Waals surface area contributed by atoms with Crippen LogP contribution < -0.4 is 10.6 Å². The molecule has 0 saturated heterocycles. The van der Waals surface area contributed by atoms with Crippen LogP contribution in [0.4, 0.5) is 4.39 Å². The molecule has 1 aromatic carbocycles. The zero-order valence-electron chi connectivity index (χ0n) is 14.2. The van der Waals surface area contributed by atoms with Crippen LogP contribution in [0.3, 0.4) is 0 Å². The van der Waals surface area contributed by atoms with Gasteiger partial charge in [0.1, 0.15) is 5.82 Å². The number of nitrogens with one attached hydrogen (secondary N) is 2. The van der Waals surface area contributed by atoms with Crippen LogP contribution in [0.1, 0.15) is 18.4 Å². The molecule has 0 radical (unpaired) electrons. The molecule has 1 saturated carbocycles. The van der Waals surface area contributed by atoms with Crippen LogP contribution >= 0.6 is 24.0 Å². The molecule has 130 valence electrons. The summed E-state index contributed by atoms with van der Waals surface area (Å²) in [6.45, 7) is 1.69. The Morgan fingerprint density at radius 2 is 1.91 bits per heavy atom. The minimum Gasteiger partial charge on any atom is -0.356 e. The van der Waals surface area contributed by atoms with E-state index >= 15 is 0 Å². The summed E-state index contributed by atoms with van der Waals surface area (Å²) in [5, 5.41) is 6.72. The highest BCUT2D eigenvalue weighted by Gasteiger charge is 2.32. The molecular weight excluding hydrogens is 406 g/mol. The van der Waals surface area contributed by atoms with Crippen molar-refractivity contribution in [1.29, 1.82) is 0 Å². The largest absolute Gasteiger partial charge is 0.356 e. The molecule has 0 bridgehead atoms. The number of hydrogen-bond donors (Lipinski definition) is 2. The fraction of sp³-hybridized carbons (Fsp3) is 0.588. The summed E-state index contributed by atoms with van der Waals surface area (Å²) in [5.41, 5.74) is 1.12. The van der Waals surface area contributed by atoms with Crippen LogP contribution in [-0.2, 0) is 6.42 Å². The number of aliphatic imine (C=N–C) groups is 1. The molecule has 1 atom stereocenters. The van der Waals surface area contributed by atoms with Gasteiger partial charge in [-0.3, -0.25) is 4.99 Å². The van der Waals surface area contributed by atoms with Crippen LogP contribution in [0.25, 0.3) is 0 Å². The third-order valence-electron chi connectivity index (χ3n) is 4.15.